The Labute approximate surface area is 144 Å². The van der Waals surface area contributed by atoms with Crippen molar-refractivity contribution in [2.24, 2.45) is 0 Å². The third-order valence-corrected chi connectivity index (χ3v) is 3.64. The number of rotatable bonds is 7. The summed E-state index contributed by atoms with van der Waals surface area (Å²) in [6.45, 7) is 4.88. The maximum absolute atomic E-state index is 12.0. The van der Waals surface area contributed by atoms with Gasteiger partial charge in [0.1, 0.15) is 17.9 Å². The summed E-state index contributed by atoms with van der Waals surface area (Å²) in [5.41, 5.74) is 1.59. The van der Waals surface area contributed by atoms with Gasteiger partial charge in [0.05, 0.1) is 5.39 Å². The van der Waals surface area contributed by atoms with Crippen LogP contribution in [0, 0.1) is 6.92 Å². The molecule has 134 valence electrons. The van der Waals surface area contributed by atoms with Gasteiger partial charge in [0.2, 0.25) is 0 Å². The molecule has 1 aromatic carbocycles. The summed E-state index contributed by atoms with van der Waals surface area (Å²) in [6, 6.07) is 4.95. The van der Waals surface area contributed by atoms with E-state index in [4.69, 9.17) is 14.3 Å². The normalized spacial score (nSPS) is 12.0. The first-order valence-electron chi connectivity index (χ1n) is 8.05. The number of hydrogen-bond donors (Lipinski definition) is 2. The Morgan fingerprint density at radius 1 is 1.32 bits per heavy atom. The molecular formula is C18H21NO6. The van der Waals surface area contributed by atoms with Crippen molar-refractivity contribution in [3.63, 3.8) is 0 Å². The van der Waals surface area contributed by atoms with Crippen LogP contribution >= 0.6 is 0 Å². The average Bonchev–Trinajstić information content (AvgIpc) is 2.51. The molecule has 0 fully saturated rings. The molecule has 0 saturated heterocycles. The fraction of sp³-hybridized carbons (Fsp3) is 0.389. The van der Waals surface area contributed by atoms with E-state index >= 15 is 0 Å². The zero-order valence-electron chi connectivity index (χ0n) is 14.4. The molecule has 0 aliphatic heterocycles. The third-order valence-electron chi connectivity index (χ3n) is 3.64. The van der Waals surface area contributed by atoms with E-state index in [0.29, 0.717) is 23.1 Å². The Morgan fingerprint density at radius 2 is 2.04 bits per heavy atom. The number of aliphatic carboxylic acids is 1. The number of carbonyl (C=O) groups excluding carboxylic acids is 1. The van der Waals surface area contributed by atoms with E-state index in [1.807, 2.05) is 13.8 Å². The van der Waals surface area contributed by atoms with E-state index in [1.165, 1.54) is 13.0 Å². The molecule has 0 unspecified atom stereocenters. The molecule has 1 aromatic heterocycles. The average molecular weight is 347 g/mol. The maximum Gasteiger partial charge on any atom is 0.336 e. The number of nitrogens with one attached hydrogen (secondary N) is 1. The lowest BCUT2D eigenvalue weighted by molar-refractivity contribution is -0.139. The fourth-order valence-electron chi connectivity index (χ4n) is 2.58. The highest BCUT2D eigenvalue weighted by Gasteiger charge is 2.19. The summed E-state index contributed by atoms with van der Waals surface area (Å²) in [7, 11) is 0. The molecule has 1 amide bonds. The highest BCUT2D eigenvalue weighted by atomic mass is 16.5. The molecule has 0 bridgehead atoms. The molecule has 7 nitrogen and oxygen atoms in total. The van der Waals surface area contributed by atoms with Crippen LogP contribution in [0.1, 0.15) is 31.4 Å². The summed E-state index contributed by atoms with van der Waals surface area (Å²) >= 11 is 0. The van der Waals surface area contributed by atoms with Gasteiger partial charge in [-0.15, -0.1) is 0 Å². The zero-order chi connectivity index (χ0) is 18.6. The lowest BCUT2D eigenvalue weighted by Gasteiger charge is -2.17. The van der Waals surface area contributed by atoms with Crippen molar-refractivity contribution in [3.05, 3.63) is 39.7 Å². The number of carboxylic acids is 1. The first-order valence-corrected chi connectivity index (χ1v) is 8.05. The summed E-state index contributed by atoms with van der Waals surface area (Å²) < 4.78 is 11.0. The highest BCUT2D eigenvalue weighted by molar-refractivity contribution is 5.89. The first kappa shape index (κ1) is 18.5. The summed E-state index contributed by atoms with van der Waals surface area (Å²) in [6.07, 6.45) is 0.604. The number of fused-ring (bicyclic) bond motifs is 1. The van der Waals surface area contributed by atoms with Gasteiger partial charge in [-0.3, -0.25) is 9.59 Å². The number of hydrogen-bond acceptors (Lipinski definition) is 5. The fourth-order valence-corrected chi connectivity index (χ4v) is 2.58. The van der Waals surface area contributed by atoms with Crippen LogP contribution in [0.25, 0.3) is 11.0 Å². The van der Waals surface area contributed by atoms with Crippen LogP contribution in [0.3, 0.4) is 0 Å². The molecule has 25 heavy (non-hydrogen) atoms. The number of ether oxygens (including phenoxy) is 1. The van der Waals surface area contributed by atoms with Crippen LogP contribution in [0.4, 0.5) is 0 Å². The van der Waals surface area contributed by atoms with Gasteiger partial charge in [0.25, 0.3) is 5.91 Å². The molecule has 0 radical (unpaired) electrons. The maximum atomic E-state index is 12.0. The second-order valence-electron chi connectivity index (χ2n) is 5.85. The Morgan fingerprint density at radius 3 is 2.68 bits per heavy atom. The minimum absolute atomic E-state index is 0.407. The predicted octanol–water partition coefficient (Wildman–Crippen LogP) is 2.02. The summed E-state index contributed by atoms with van der Waals surface area (Å²) in [4.78, 5) is 34.3. The van der Waals surface area contributed by atoms with Gasteiger partial charge in [-0.05, 0) is 43.5 Å². The van der Waals surface area contributed by atoms with Gasteiger partial charge >= 0.3 is 11.6 Å². The van der Waals surface area contributed by atoms with Gasteiger partial charge in [-0.25, -0.2) is 4.79 Å². The minimum atomic E-state index is -1.13. The van der Waals surface area contributed by atoms with Crippen molar-refractivity contribution in [2.75, 3.05) is 6.54 Å². The van der Waals surface area contributed by atoms with Crippen molar-refractivity contribution < 1.29 is 23.8 Å². The van der Waals surface area contributed by atoms with Crippen LogP contribution in [0.2, 0.25) is 0 Å². The van der Waals surface area contributed by atoms with E-state index < -0.39 is 30.2 Å². The van der Waals surface area contributed by atoms with Gasteiger partial charge in [-0.2, -0.15) is 0 Å². The van der Waals surface area contributed by atoms with E-state index in [0.717, 1.165) is 17.5 Å². The number of amides is 1. The van der Waals surface area contributed by atoms with Crippen molar-refractivity contribution >= 4 is 22.8 Å². The van der Waals surface area contributed by atoms with Crippen molar-refractivity contribution in [2.45, 2.75) is 39.7 Å². The molecular weight excluding hydrogens is 326 g/mol. The molecule has 2 rings (SSSR count). The molecule has 1 atom stereocenters. The highest BCUT2D eigenvalue weighted by Crippen LogP contribution is 2.31. The Bertz CT molecular complexity index is 855. The SMILES string of the molecule is CCCc1cc(=O)oc2cc(C)cc(O[C@@H](C)C(=O)NCC(=O)O)c12. The Balaban J connectivity index is 2.41. The van der Waals surface area contributed by atoms with E-state index in [1.54, 1.807) is 12.1 Å². The van der Waals surface area contributed by atoms with Crippen LogP contribution in [-0.2, 0) is 16.0 Å². The quantitative estimate of drug-likeness (QED) is 0.742. The smallest absolute Gasteiger partial charge is 0.336 e. The lowest BCUT2D eigenvalue weighted by Crippen LogP contribution is -2.39. The van der Waals surface area contributed by atoms with Crippen LogP contribution in [0.15, 0.2) is 27.4 Å². The molecule has 7 heteroatoms. The minimum Gasteiger partial charge on any atom is -0.480 e. The van der Waals surface area contributed by atoms with Gasteiger partial charge in [0, 0.05) is 6.07 Å². The van der Waals surface area contributed by atoms with Crippen molar-refractivity contribution in [1.29, 1.82) is 0 Å². The Kier molecular flexibility index (Phi) is 5.80. The van der Waals surface area contributed by atoms with Crippen LogP contribution in [0.5, 0.6) is 5.75 Å². The predicted molar refractivity (Wildman–Crippen MR) is 92.0 cm³/mol. The standard InChI is InChI=1S/C18H21NO6/c1-4-5-12-8-16(22)25-14-7-10(2)6-13(17(12)14)24-11(3)18(23)19-9-15(20)21/h6-8,11H,4-5,9H2,1-3H3,(H,19,23)(H,20,21)/t11-/m0/s1. The molecule has 2 aromatic rings. The largest absolute Gasteiger partial charge is 0.480 e. The number of carboxylic acid groups (broad SMARTS) is 1. The monoisotopic (exact) mass is 347 g/mol. The second-order valence-corrected chi connectivity index (χ2v) is 5.85. The van der Waals surface area contributed by atoms with E-state index in [9.17, 15) is 14.4 Å². The molecule has 0 saturated carbocycles. The lowest BCUT2D eigenvalue weighted by atomic mass is 10.0. The summed E-state index contributed by atoms with van der Waals surface area (Å²) in [5, 5.41) is 11.6. The topological polar surface area (TPSA) is 106 Å². The molecule has 0 spiro atoms. The van der Waals surface area contributed by atoms with Gasteiger partial charge in [-0.1, -0.05) is 13.3 Å². The molecule has 2 N–H and O–H groups in total. The third kappa shape index (κ3) is 4.59. The van der Waals surface area contributed by atoms with E-state index in [2.05, 4.69) is 5.32 Å². The van der Waals surface area contributed by atoms with Gasteiger partial charge in [0.15, 0.2) is 6.10 Å². The van der Waals surface area contributed by atoms with E-state index in [-0.39, 0.29) is 0 Å². The van der Waals surface area contributed by atoms with Gasteiger partial charge < -0.3 is 19.6 Å². The van der Waals surface area contributed by atoms with Crippen LogP contribution < -0.4 is 15.7 Å². The Hall–Kier alpha value is -2.83. The summed E-state index contributed by atoms with van der Waals surface area (Å²) in [5.74, 6) is -1.24. The van der Waals surface area contributed by atoms with Crippen molar-refractivity contribution in [3.8, 4) is 5.75 Å². The second kappa shape index (κ2) is 7.83. The number of carbonyl (C=O) groups is 2. The molecule has 1 heterocycles. The molecule has 0 aliphatic rings. The first-order chi connectivity index (χ1) is 11.8. The number of aryl methyl sites for hydroxylation is 2. The molecule has 0 aliphatic carbocycles. The number of benzene rings is 1. The van der Waals surface area contributed by atoms with Crippen molar-refractivity contribution in [1.82, 2.24) is 5.32 Å². The van der Waals surface area contributed by atoms with Crippen LogP contribution in [-0.4, -0.2) is 29.6 Å². The zero-order valence-corrected chi connectivity index (χ0v) is 14.4.